The normalized spacial score (nSPS) is 17.0. The van der Waals surface area contributed by atoms with Crippen molar-refractivity contribution < 1.29 is 9.53 Å². The lowest BCUT2D eigenvalue weighted by Crippen LogP contribution is -2.44. The van der Waals surface area contributed by atoms with Crippen molar-refractivity contribution in [1.82, 2.24) is 10.2 Å². The number of nitrogens with one attached hydrogen (secondary N) is 1. The number of benzene rings is 1. The summed E-state index contributed by atoms with van der Waals surface area (Å²) < 4.78 is 5.54. The number of carbonyl (C=O) groups is 1. The number of halogens is 3. The Hall–Kier alpha value is -0.680. The lowest BCUT2D eigenvalue weighted by atomic mass is 10.2. The first-order valence-corrected chi connectivity index (χ1v) is 7.95. The van der Waals surface area contributed by atoms with Gasteiger partial charge in [-0.15, -0.1) is 12.4 Å². The highest BCUT2D eigenvalue weighted by molar-refractivity contribution is 6.35. The van der Waals surface area contributed by atoms with Gasteiger partial charge in [-0.1, -0.05) is 30.1 Å². The van der Waals surface area contributed by atoms with Crippen molar-refractivity contribution in [2.24, 2.45) is 0 Å². The largest absolute Gasteiger partial charge is 0.482 e. The molecule has 1 aromatic carbocycles. The summed E-state index contributed by atoms with van der Waals surface area (Å²) in [5.41, 5.74) is 0. The van der Waals surface area contributed by atoms with Crippen LogP contribution in [-0.4, -0.2) is 43.1 Å². The summed E-state index contributed by atoms with van der Waals surface area (Å²) in [4.78, 5) is 14.3. The van der Waals surface area contributed by atoms with E-state index in [4.69, 9.17) is 27.9 Å². The number of ether oxygens (including phenoxy) is 1. The van der Waals surface area contributed by atoms with Gasteiger partial charge < -0.3 is 15.0 Å². The van der Waals surface area contributed by atoms with E-state index in [0.29, 0.717) is 15.8 Å². The molecule has 1 fully saturated rings. The molecule has 1 unspecified atom stereocenters. The maximum absolute atomic E-state index is 12.4. The summed E-state index contributed by atoms with van der Waals surface area (Å²) in [5, 5.41) is 4.25. The molecule has 1 aliphatic heterocycles. The highest BCUT2D eigenvalue weighted by atomic mass is 35.5. The summed E-state index contributed by atoms with van der Waals surface area (Å²) in [6.45, 7) is 4.63. The van der Waals surface area contributed by atoms with Gasteiger partial charge >= 0.3 is 0 Å². The van der Waals surface area contributed by atoms with Crippen molar-refractivity contribution >= 4 is 41.5 Å². The van der Waals surface area contributed by atoms with Gasteiger partial charge in [-0.05, 0) is 37.6 Å². The average molecular weight is 368 g/mol. The first kappa shape index (κ1) is 19.4. The molecule has 124 valence electrons. The third kappa shape index (κ3) is 5.20. The minimum atomic E-state index is -0.00318. The monoisotopic (exact) mass is 366 g/mol. The van der Waals surface area contributed by atoms with Crippen LogP contribution in [0.15, 0.2) is 18.2 Å². The van der Waals surface area contributed by atoms with Crippen molar-refractivity contribution in [1.29, 1.82) is 0 Å². The summed E-state index contributed by atoms with van der Waals surface area (Å²) in [6, 6.07) is 5.24. The molecule has 7 heteroatoms. The first-order chi connectivity index (χ1) is 10.1. The van der Waals surface area contributed by atoms with E-state index in [2.05, 4.69) is 12.2 Å². The fourth-order valence-corrected chi connectivity index (χ4v) is 2.93. The van der Waals surface area contributed by atoms with Crippen LogP contribution in [0.4, 0.5) is 0 Å². The molecule has 2 rings (SSSR count). The summed E-state index contributed by atoms with van der Waals surface area (Å²) in [7, 11) is 0. The minimum Gasteiger partial charge on any atom is -0.482 e. The lowest BCUT2D eigenvalue weighted by Gasteiger charge is -2.28. The Bertz CT molecular complexity index is 494. The fourth-order valence-electron chi connectivity index (χ4n) is 2.47. The van der Waals surface area contributed by atoms with Crippen LogP contribution in [-0.2, 0) is 4.79 Å². The Morgan fingerprint density at radius 3 is 2.82 bits per heavy atom. The van der Waals surface area contributed by atoms with Gasteiger partial charge in [-0.25, -0.2) is 0 Å². The number of nitrogens with zero attached hydrogens (tertiary/aromatic N) is 1. The third-order valence-electron chi connectivity index (χ3n) is 3.51. The van der Waals surface area contributed by atoms with E-state index in [-0.39, 0.29) is 31.0 Å². The molecular formula is C15H21Cl3N2O2. The van der Waals surface area contributed by atoms with Gasteiger partial charge in [-0.3, -0.25) is 4.79 Å². The lowest BCUT2D eigenvalue weighted by molar-refractivity contribution is -0.135. The predicted molar refractivity (Wildman–Crippen MR) is 92.5 cm³/mol. The molecule has 1 atom stereocenters. The van der Waals surface area contributed by atoms with Gasteiger partial charge in [0.2, 0.25) is 0 Å². The van der Waals surface area contributed by atoms with Crippen LogP contribution in [0.5, 0.6) is 5.75 Å². The molecule has 0 spiro atoms. The Morgan fingerprint density at radius 2 is 2.23 bits per heavy atom. The van der Waals surface area contributed by atoms with Crippen molar-refractivity contribution in [2.75, 3.05) is 26.2 Å². The smallest absolute Gasteiger partial charge is 0.260 e. The molecule has 4 nitrogen and oxygen atoms in total. The van der Waals surface area contributed by atoms with Crippen LogP contribution in [0.1, 0.15) is 19.8 Å². The second kappa shape index (κ2) is 9.46. The third-order valence-corrected chi connectivity index (χ3v) is 4.04. The molecule has 0 bridgehead atoms. The SMILES string of the molecule is CCCN(C(=O)COc1ccc(Cl)cc1Cl)C1CCNC1.Cl. The van der Waals surface area contributed by atoms with E-state index < -0.39 is 0 Å². The van der Waals surface area contributed by atoms with Gasteiger partial charge in [0.15, 0.2) is 6.61 Å². The topological polar surface area (TPSA) is 41.6 Å². The van der Waals surface area contributed by atoms with Crippen molar-refractivity contribution in [3.8, 4) is 5.75 Å². The maximum Gasteiger partial charge on any atom is 0.260 e. The zero-order chi connectivity index (χ0) is 15.2. The quantitative estimate of drug-likeness (QED) is 0.838. The second-order valence-corrected chi connectivity index (χ2v) is 5.94. The summed E-state index contributed by atoms with van der Waals surface area (Å²) in [5.74, 6) is 0.479. The zero-order valence-electron chi connectivity index (χ0n) is 12.5. The molecule has 0 aliphatic carbocycles. The Morgan fingerprint density at radius 1 is 1.45 bits per heavy atom. The maximum atomic E-state index is 12.4. The standard InChI is InChI=1S/C15H20Cl2N2O2.ClH/c1-2-7-19(12-5-6-18-9-12)15(20)10-21-14-4-3-11(16)8-13(14)17;/h3-4,8,12,18H,2,5-7,9-10H2,1H3;1H. The van der Waals surface area contributed by atoms with Gasteiger partial charge in [-0.2, -0.15) is 0 Å². The van der Waals surface area contributed by atoms with Crippen LogP contribution >= 0.6 is 35.6 Å². The second-order valence-electron chi connectivity index (χ2n) is 5.10. The van der Waals surface area contributed by atoms with Crippen molar-refractivity contribution in [3.05, 3.63) is 28.2 Å². The van der Waals surface area contributed by atoms with E-state index in [1.807, 2.05) is 4.90 Å². The van der Waals surface area contributed by atoms with E-state index in [1.165, 1.54) is 0 Å². The van der Waals surface area contributed by atoms with Crippen molar-refractivity contribution in [3.63, 3.8) is 0 Å². The van der Waals surface area contributed by atoms with E-state index in [0.717, 1.165) is 32.5 Å². The molecule has 1 aliphatic rings. The summed E-state index contributed by atoms with van der Waals surface area (Å²) >= 11 is 11.9. The Labute approximate surface area is 147 Å². The Kier molecular flexibility index (Phi) is 8.33. The van der Waals surface area contributed by atoms with E-state index >= 15 is 0 Å². The molecule has 1 N–H and O–H groups in total. The van der Waals surface area contributed by atoms with E-state index in [9.17, 15) is 4.79 Å². The zero-order valence-corrected chi connectivity index (χ0v) is 14.8. The van der Waals surface area contributed by atoms with Crippen LogP contribution in [0.25, 0.3) is 0 Å². The minimum absolute atomic E-state index is 0. The fraction of sp³-hybridized carbons (Fsp3) is 0.533. The van der Waals surface area contributed by atoms with Gasteiger partial charge in [0, 0.05) is 24.2 Å². The Balaban J connectivity index is 0.00000242. The number of hydrogen-bond acceptors (Lipinski definition) is 3. The molecule has 1 amide bonds. The number of amides is 1. The number of hydrogen-bond donors (Lipinski definition) is 1. The average Bonchev–Trinajstić information content (AvgIpc) is 2.97. The van der Waals surface area contributed by atoms with Gasteiger partial charge in [0.25, 0.3) is 5.91 Å². The van der Waals surface area contributed by atoms with Gasteiger partial charge in [0.05, 0.1) is 5.02 Å². The molecule has 1 heterocycles. The first-order valence-electron chi connectivity index (χ1n) is 7.20. The number of rotatable bonds is 6. The van der Waals surface area contributed by atoms with Crippen LogP contribution in [0.2, 0.25) is 10.0 Å². The van der Waals surface area contributed by atoms with Crippen LogP contribution in [0.3, 0.4) is 0 Å². The summed E-state index contributed by atoms with van der Waals surface area (Å²) in [6.07, 6.45) is 1.93. The molecular weight excluding hydrogens is 347 g/mol. The van der Waals surface area contributed by atoms with Crippen LogP contribution in [0, 0.1) is 0 Å². The molecule has 0 aromatic heterocycles. The highest BCUT2D eigenvalue weighted by Gasteiger charge is 2.26. The molecule has 0 radical (unpaired) electrons. The van der Waals surface area contributed by atoms with Crippen LogP contribution < -0.4 is 10.1 Å². The molecule has 0 saturated carbocycles. The molecule has 1 aromatic rings. The predicted octanol–water partition coefficient (Wildman–Crippen LogP) is 3.39. The van der Waals surface area contributed by atoms with Crippen molar-refractivity contribution in [2.45, 2.75) is 25.8 Å². The highest BCUT2D eigenvalue weighted by Crippen LogP contribution is 2.27. The molecule has 1 saturated heterocycles. The number of carbonyl (C=O) groups excluding carboxylic acids is 1. The van der Waals surface area contributed by atoms with Gasteiger partial charge in [0.1, 0.15) is 5.75 Å². The molecule has 22 heavy (non-hydrogen) atoms. The van der Waals surface area contributed by atoms with E-state index in [1.54, 1.807) is 18.2 Å².